The number of aromatic nitrogens is 1. The molecule has 1 fully saturated rings. The van der Waals surface area contributed by atoms with E-state index in [1.165, 1.54) is 0 Å². The van der Waals surface area contributed by atoms with Crippen molar-refractivity contribution in [2.24, 2.45) is 0 Å². The molecule has 0 unspecified atom stereocenters. The van der Waals surface area contributed by atoms with Crippen molar-refractivity contribution in [3.8, 4) is 5.75 Å². The third-order valence-electron chi connectivity index (χ3n) is 4.39. The maximum Gasteiger partial charge on any atom is 0.255 e. The predicted octanol–water partition coefficient (Wildman–Crippen LogP) is 3.87. The van der Waals surface area contributed by atoms with Crippen molar-refractivity contribution in [1.29, 1.82) is 0 Å². The molecule has 1 heterocycles. The van der Waals surface area contributed by atoms with E-state index in [1.807, 2.05) is 6.07 Å². The monoisotopic (exact) mass is 334 g/mol. The Hall–Kier alpha value is -1.52. The lowest BCUT2D eigenvalue weighted by atomic mass is 9.92. The summed E-state index contributed by atoms with van der Waals surface area (Å²) in [4.78, 5) is 14.5. The standard InChI is InChI=1S/C18H23ClN2O2/c1-11(2)21-12-3-5-13(6-4-12)23-16-8-7-15-14(17(16)19)9-10-20-18(15)22/h7-13,21H,3-6H2,1-2H3,(H,20,22)/t12-,13+. The predicted molar refractivity (Wildman–Crippen MR) is 94.5 cm³/mol. The van der Waals surface area contributed by atoms with Gasteiger partial charge in [-0.05, 0) is 43.9 Å². The van der Waals surface area contributed by atoms with E-state index in [2.05, 4.69) is 24.1 Å². The van der Waals surface area contributed by atoms with Crippen molar-refractivity contribution >= 4 is 22.4 Å². The van der Waals surface area contributed by atoms with E-state index < -0.39 is 0 Å². The van der Waals surface area contributed by atoms with Crippen LogP contribution in [0.15, 0.2) is 29.2 Å². The number of rotatable bonds is 4. The Bertz CT molecular complexity index is 733. The molecule has 0 spiro atoms. The number of hydrogen-bond donors (Lipinski definition) is 2. The first-order valence-electron chi connectivity index (χ1n) is 8.27. The Morgan fingerprint density at radius 3 is 2.61 bits per heavy atom. The zero-order valence-corrected chi connectivity index (χ0v) is 14.3. The first-order chi connectivity index (χ1) is 11.0. The summed E-state index contributed by atoms with van der Waals surface area (Å²) in [5.41, 5.74) is -0.129. The molecule has 0 bridgehead atoms. The van der Waals surface area contributed by atoms with Gasteiger partial charge < -0.3 is 15.0 Å². The Kier molecular flexibility index (Phi) is 4.93. The molecule has 23 heavy (non-hydrogen) atoms. The lowest BCUT2D eigenvalue weighted by molar-refractivity contribution is 0.138. The highest BCUT2D eigenvalue weighted by Crippen LogP contribution is 2.34. The molecule has 4 nitrogen and oxygen atoms in total. The lowest BCUT2D eigenvalue weighted by Gasteiger charge is -2.31. The minimum absolute atomic E-state index is 0.129. The molecule has 0 saturated heterocycles. The minimum Gasteiger partial charge on any atom is -0.489 e. The van der Waals surface area contributed by atoms with Gasteiger partial charge in [-0.3, -0.25) is 4.79 Å². The molecular weight excluding hydrogens is 312 g/mol. The molecule has 1 saturated carbocycles. The van der Waals surface area contributed by atoms with Crippen LogP contribution >= 0.6 is 11.6 Å². The highest BCUT2D eigenvalue weighted by Gasteiger charge is 2.23. The van der Waals surface area contributed by atoms with Gasteiger partial charge in [0.1, 0.15) is 5.75 Å². The number of halogens is 1. The van der Waals surface area contributed by atoms with Crippen molar-refractivity contribution in [1.82, 2.24) is 10.3 Å². The van der Waals surface area contributed by atoms with Gasteiger partial charge in [0.15, 0.2) is 0 Å². The number of aromatic amines is 1. The van der Waals surface area contributed by atoms with Gasteiger partial charge in [0, 0.05) is 29.1 Å². The summed E-state index contributed by atoms with van der Waals surface area (Å²) >= 11 is 6.44. The summed E-state index contributed by atoms with van der Waals surface area (Å²) in [6, 6.07) is 6.50. The molecule has 124 valence electrons. The highest BCUT2D eigenvalue weighted by atomic mass is 35.5. The molecule has 2 N–H and O–H groups in total. The number of ether oxygens (including phenoxy) is 1. The molecule has 5 heteroatoms. The number of hydrogen-bond acceptors (Lipinski definition) is 3. The van der Waals surface area contributed by atoms with Gasteiger partial charge in [-0.15, -0.1) is 0 Å². The molecule has 1 aliphatic rings. The SMILES string of the molecule is CC(C)N[C@H]1CC[C@@H](Oc2ccc3c(=O)[nH]ccc3c2Cl)CC1. The van der Waals surface area contributed by atoms with Crippen LogP contribution in [0.2, 0.25) is 5.02 Å². The van der Waals surface area contributed by atoms with Crippen LogP contribution in [-0.2, 0) is 0 Å². The molecule has 0 atom stereocenters. The maximum absolute atomic E-state index is 11.8. The quantitative estimate of drug-likeness (QED) is 0.892. The van der Waals surface area contributed by atoms with Crippen molar-refractivity contribution in [3.63, 3.8) is 0 Å². The van der Waals surface area contributed by atoms with Crippen LogP contribution in [-0.4, -0.2) is 23.2 Å². The summed E-state index contributed by atoms with van der Waals surface area (Å²) in [6.07, 6.45) is 6.09. The van der Waals surface area contributed by atoms with Crippen LogP contribution in [0.4, 0.5) is 0 Å². The van der Waals surface area contributed by atoms with Gasteiger partial charge >= 0.3 is 0 Å². The van der Waals surface area contributed by atoms with Crippen molar-refractivity contribution in [3.05, 3.63) is 39.8 Å². The van der Waals surface area contributed by atoms with Crippen LogP contribution in [0.1, 0.15) is 39.5 Å². The molecule has 2 aromatic rings. The van der Waals surface area contributed by atoms with Crippen LogP contribution in [0.3, 0.4) is 0 Å². The zero-order valence-electron chi connectivity index (χ0n) is 13.6. The average molecular weight is 335 g/mol. The summed E-state index contributed by atoms with van der Waals surface area (Å²) < 4.78 is 6.12. The van der Waals surface area contributed by atoms with Gasteiger partial charge in [0.2, 0.25) is 0 Å². The summed E-state index contributed by atoms with van der Waals surface area (Å²) in [5, 5.41) is 5.44. The van der Waals surface area contributed by atoms with Crippen LogP contribution in [0, 0.1) is 0 Å². The Balaban J connectivity index is 1.71. The summed E-state index contributed by atoms with van der Waals surface area (Å²) in [6.45, 7) is 4.36. The van der Waals surface area contributed by atoms with E-state index in [0.717, 1.165) is 31.1 Å². The molecule has 1 aliphatic carbocycles. The molecule has 1 aromatic carbocycles. The minimum atomic E-state index is -0.129. The van der Waals surface area contributed by atoms with Crippen LogP contribution in [0.25, 0.3) is 10.8 Å². The third kappa shape index (κ3) is 3.70. The van der Waals surface area contributed by atoms with Gasteiger partial charge in [-0.2, -0.15) is 0 Å². The van der Waals surface area contributed by atoms with Crippen molar-refractivity contribution < 1.29 is 4.74 Å². The molecule has 1 aromatic heterocycles. The smallest absolute Gasteiger partial charge is 0.255 e. The fourth-order valence-electron chi connectivity index (χ4n) is 3.30. The number of benzene rings is 1. The van der Waals surface area contributed by atoms with E-state index in [4.69, 9.17) is 16.3 Å². The molecular formula is C18H23ClN2O2. The highest BCUT2D eigenvalue weighted by molar-refractivity contribution is 6.37. The normalized spacial score (nSPS) is 21.7. The summed E-state index contributed by atoms with van der Waals surface area (Å²) in [7, 11) is 0. The summed E-state index contributed by atoms with van der Waals surface area (Å²) in [5.74, 6) is 0.671. The zero-order chi connectivity index (χ0) is 16.4. The van der Waals surface area contributed by atoms with E-state index >= 15 is 0 Å². The Morgan fingerprint density at radius 2 is 1.91 bits per heavy atom. The second-order valence-electron chi connectivity index (χ2n) is 6.56. The average Bonchev–Trinajstić information content (AvgIpc) is 2.52. The Labute approximate surface area is 141 Å². The van der Waals surface area contributed by atoms with E-state index in [1.54, 1.807) is 18.3 Å². The third-order valence-corrected chi connectivity index (χ3v) is 4.78. The number of fused-ring (bicyclic) bond motifs is 1. The lowest BCUT2D eigenvalue weighted by Crippen LogP contribution is -2.39. The van der Waals surface area contributed by atoms with Gasteiger partial charge in [0.05, 0.1) is 11.1 Å². The van der Waals surface area contributed by atoms with Crippen LogP contribution < -0.4 is 15.6 Å². The number of H-pyrrole nitrogens is 1. The number of nitrogens with one attached hydrogen (secondary N) is 2. The first kappa shape index (κ1) is 16.3. The molecule has 0 radical (unpaired) electrons. The van der Waals surface area contributed by atoms with Gasteiger partial charge in [-0.25, -0.2) is 0 Å². The first-order valence-corrected chi connectivity index (χ1v) is 8.65. The van der Waals surface area contributed by atoms with E-state index in [-0.39, 0.29) is 11.7 Å². The second-order valence-corrected chi connectivity index (χ2v) is 6.94. The fourth-order valence-corrected chi connectivity index (χ4v) is 3.57. The van der Waals surface area contributed by atoms with E-state index in [0.29, 0.717) is 28.2 Å². The molecule has 3 rings (SSSR count). The maximum atomic E-state index is 11.8. The molecule has 0 aliphatic heterocycles. The van der Waals surface area contributed by atoms with Gasteiger partial charge in [-0.1, -0.05) is 25.4 Å². The fraction of sp³-hybridized carbons (Fsp3) is 0.500. The topological polar surface area (TPSA) is 54.1 Å². The largest absolute Gasteiger partial charge is 0.489 e. The van der Waals surface area contributed by atoms with E-state index in [9.17, 15) is 4.79 Å². The van der Waals surface area contributed by atoms with Crippen molar-refractivity contribution in [2.75, 3.05) is 0 Å². The number of pyridine rings is 1. The molecule has 0 amide bonds. The van der Waals surface area contributed by atoms with Gasteiger partial charge in [0.25, 0.3) is 5.56 Å². The Morgan fingerprint density at radius 1 is 1.17 bits per heavy atom. The second kappa shape index (κ2) is 6.93. The van der Waals surface area contributed by atoms with Crippen LogP contribution in [0.5, 0.6) is 5.75 Å². The van der Waals surface area contributed by atoms with Crippen molar-refractivity contribution in [2.45, 2.75) is 57.7 Å².